The van der Waals surface area contributed by atoms with Crippen LogP contribution in [-0.2, 0) is 11.3 Å². The second kappa shape index (κ2) is 4.79. The fourth-order valence-corrected chi connectivity index (χ4v) is 2.99. The van der Waals surface area contributed by atoms with Crippen LogP contribution < -0.4 is 0 Å². The predicted molar refractivity (Wildman–Crippen MR) is 68.9 cm³/mol. The van der Waals surface area contributed by atoms with Gasteiger partial charge in [-0.05, 0) is 44.3 Å². The molecule has 3 fully saturated rings. The number of fused-ring (bicyclic) bond motifs is 3. The maximum absolute atomic E-state index is 6.10. The standard InChI is InChI=1S/C15H21NO/c1-12-2-4-13(5-3-12)11-17-15-10-16-8-6-14(15)7-9-16/h2-5,14-15H,6-11H2,1H3. The van der Waals surface area contributed by atoms with Crippen molar-refractivity contribution in [3.63, 3.8) is 0 Å². The molecule has 0 saturated carbocycles. The quantitative estimate of drug-likeness (QED) is 0.793. The third-order valence-electron chi connectivity index (χ3n) is 4.18. The Balaban J connectivity index is 1.56. The lowest BCUT2D eigenvalue weighted by molar-refractivity contribution is -0.0765. The van der Waals surface area contributed by atoms with Gasteiger partial charge in [0, 0.05) is 6.54 Å². The van der Waals surface area contributed by atoms with Gasteiger partial charge >= 0.3 is 0 Å². The Morgan fingerprint density at radius 1 is 1.18 bits per heavy atom. The zero-order chi connectivity index (χ0) is 11.7. The monoisotopic (exact) mass is 231 g/mol. The van der Waals surface area contributed by atoms with Crippen molar-refractivity contribution in [2.75, 3.05) is 19.6 Å². The number of ether oxygens (including phenoxy) is 1. The van der Waals surface area contributed by atoms with Crippen LogP contribution in [0.1, 0.15) is 24.0 Å². The Bertz CT molecular complexity index is 365. The second-order valence-corrected chi connectivity index (χ2v) is 5.47. The molecule has 2 bridgehead atoms. The maximum Gasteiger partial charge on any atom is 0.0735 e. The molecule has 0 aromatic heterocycles. The van der Waals surface area contributed by atoms with Gasteiger partial charge in [0.2, 0.25) is 0 Å². The average Bonchev–Trinajstić information content (AvgIpc) is 2.39. The highest BCUT2D eigenvalue weighted by Gasteiger charge is 2.34. The highest BCUT2D eigenvalue weighted by atomic mass is 16.5. The van der Waals surface area contributed by atoms with E-state index in [0.29, 0.717) is 6.10 Å². The van der Waals surface area contributed by atoms with E-state index >= 15 is 0 Å². The normalized spacial score (nSPS) is 31.7. The Labute approximate surface area is 104 Å². The number of piperidine rings is 3. The zero-order valence-electron chi connectivity index (χ0n) is 10.6. The minimum Gasteiger partial charge on any atom is -0.372 e. The molecule has 92 valence electrons. The number of rotatable bonds is 3. The molecule has 3 saturated heterocycles. The molecular formula is C15H21NO. The van der Waals surface area contributed by atoms with E-state index in [1.807, 2.05) is 0 Å². The summed E-state index contributed by atoms with van der Waals surface area (Å²) in [5.41, 5.74) is 2.61. The lowest BCUT2D eigenvalue weighted by Crippen LogP contribution is -2.51. The maximum atomic E-state index is 6.10. The van der Waals surface area contributed by atoms with E-state index in [1.54, 1.807) is 0 Å². The lowest BCUT2D eigenvalue weighted by Gasteiger charge is -2.44. The molecule has 3 aliphatic heterocycles. The highest BCUT2D eigenvalue weighted by Crippen LogP contribution is 2.29. The summed E-state index contributed by atoms with van der Waals surface area (Å²) in [4.78, 5) is 2.54. The molecule has 2 nitrogen and oxygen atoms in total. The lowest BCUT2D eigenvalue weighted by atomic mass is 9.86. The SMILES string of the molecule is Cc1ccc(COC2CN3CCC2CC3)cc1. The van der Waals surface area contributed by atoms with Gasteiger partial charge in [0.05, 0.1) is 12.7 Å². The molecule has 1 aromatic carbocycles. The van der Waals surface area contributed by atoms with E-state index < -0.39 is 0 Å². The summed E-state index contributed by atoms with van der Waals surface area (Å²) in [6.45, 7) is 6.62. The van der Waals surface area contributed by atoms with Gasteiger partial charge < -0.3 is 9.64 Å². The summed E-state index contributed by atoms with van der Waals surface area (Å²) < 4.78 is 6.10. The van der Waals surface area contributed by atoms with Gasteiger partial charge in [0.25, 0.3) is 0 Å². The van der Waals surface area contributed by atoms with E-state index in [1.165, 1.54) is 37.1 Å². The van der Waals surface area contributed by atoms with Crippen LogP contribution >= 0.6 is 0 Å². The molecule has 0 radical (unpaired) electrons. The molecule has 0 N–H and O–H groups in total. The number of aryl methyl sites for hydroxylation is 1. The summed E-state index contributed by atoms with van der Waals surface area (Å²) in [6.07, 6.45) is 3.13. The fraction of sp³-hybridized carbons (Fsp3) is 0.600. The minimum atomic E-state index is 0.471. The van der Waals surface area contributed by atoms with Crippen LogP contribution in [0, 0.1) is 12.8 Å². The molecule has 1 aromatic rings. The van der Waals surface area contributed by atoms with E-state index in [4.69, 9.17) is 4.74 Å². The zero-order valence-corrected chi connectivity index (χ0v) is 10.6. The Morgan fingerprint density at radius 2 is 1.88 bits per heavy atom. The number of benzene rings is 1. The summed E-state index contributed by atoms with van der Waals surface area (Å²) in [7, 11) is 0. The van der Waals surface area contributed by atoms with Crippen molar-refractivity contribution in [1.82, 2.24) is 4.90 Å². The van der Waals surface area contributed by atoms with Gasteiger partial charge in [-0.1, -0.05) is 29.8 Å². The van der Waals surface area contributed by atoms with Gasteiger partial charge in [0.15, 0.2) is 0 Å². The summed E-state index contributed by atoms with van der Waals surface area (Å²) in [6, 6.07) is 8.68. The van der Waals surface area contributed by atoms with Gasteiger partial charge in [-0.3, -0.25) is 0 Å². The van der Waals surface area contributed by atoms with Crippen molar-refractivity contribution in [3.8, 4) is 0 Å². The molecule has 17 heavy (non-hydrogen) atoms. The molecule has 2 heteroatoms. The summed E-state index contributed by atoms with van der Waals surface area (Å²) in [5.74, 6) is 0.811. The van der Waals surface area contributed by atoms with Crippen LogP contribution in [-0.4, -0.2) is 30.6 Å². The van der Waals surface area contributed by atoms with Crippen molar-refractivity contribution in [2.24, 2.45) is 5.92 Å². The minimum absolute atomic E-state index is 0.471. The number of hydrogen-bond acceptors (Lipinski definition) is 2. The first kappa shape index (κ1) is 11.2. The van der Waals surface area contributed by atoms with Crippen molar-refractivity contribution < 1.29 is 4.74 Å². The van der Waals surface area contributed by atoms with Gasteiger partial charge in [-0.15, -0.1) is 0 Å². The highest BCUT2D eigenvalue weighted by molar-refractivity contribution is 5.20. The smallest absolute Gasteiger partial charge is 0.0735 e. The topological polar surface area (TPSA) is 12.5 Å². The first-order valence-corrected chi connectivity index (χ1v) is 6.71. The summed E-state index contributed by atoms with van der Waals surface area (Å²) >= 11 is 0. The Kier molecular flexibility index (Phi) is 3.17. The Morgan fingerprint density at radius 3 is 2.47 bits per heavy atom. The third kappa shape index (κ3) is 2.53. The van der Waals surface area contributed by atoms with Gasteiger partial charge in [-0.25, -0.2) is 0 Å². The fourth-order valence-electron chi connectivity index (χ4n) is 2.99. The largest absolute Gasteiger partial charge is 0.372 e. The van der Waals surface area contributed by atoms with Crippen LogP contribution in [0.2, 0.25) is 0 Å². The van der Waals surface area contributed by atoms with E-state index in [0.717, 1.165) is 19.1 Å². The van der Waals surface area contributed by atoms with Crippen LogP contribution in [0.25, 0.3) is 0 Å². The van der Waals surface area contributed by atoms with E-state index in [9.17, 15) is 0 Å². The number of nitrogens with zero attached hydrogens (tertiary/aromatic N) is 1. The molecule has 0 aliphatic carbocycles. The van der Waals surface area contributed by atoms with Crippen molar-refractivity contribution in [3.05, 3.63) is 35.4 Å². The van der Waals surface area contributed by atoms with Crippen molar-refractivity contribution in [1.29, 1.82) is 0 Å². The predicted octanol–water partition coefficient (Wildman–Crippen LogP) is 2.61. The van der Waals surface area contributed by atoms with Crippen LogP contribution in [0.3, 0.4) is 0 Å². The van der Waals surface area contributed by atoms with Gasteiger partial charge in [-0.2, -0.15) is 0 Å². The first-order chi connectivity index (χ1) is 8.31. The Hall–Kier alpha value is -0.860. The second-order valence-electron chi connectivity index (χ2n) is 5.47. The van der Waals surface area contributed by atoms with Crippen molar-refractivity contribution >= 4 is 0 Å². The molecule has 1 unspecified atom stereocenters. The molecular weight excluding hydrogens is 210 g/mol. The summed E-state index contributed by atoms with van der Waals surface area (Å²) in [5, 5.41) is 0. The van der Waals surface area contributed by atoms with E-state index in [-0.39, 0.29) is 0 Å². The molecule has 3 heterocycles. The van der Waals surface area contributed by atoms with Crippen LogP contribution in [0.4, 0.5) is 0 Å². The van der Waals surface area contributed by atoms with Crippen LogP contribution in [0.5, 0.6) is 0 Å². The van der Waals surface area contributed by atoms with Gasteiger partial charge in [0.1, 0.15) is 0 Å². The third-order valence-corrected chi connectivity index (χ3v) is 4.18. The van der Waals surface area contributed by atoms with E-state index in [2.05, 4.69) is 36.1 Å². The molecule has 0 spiro atoms. The molecule has 4 rings (SSSR count). The van der Waals surface area contributed by atoms with Crippen molar-refractivity contribution in [2.45, 2.75) is 32.5 Å². The average molecular weight is 231 g/mol. The first-order valence-electron chi connectivity index (χ1n) is 6.71. The number of hydrogen-bond donors (Lipinski definition) is 0. The molecule has 1 atom stereocenters. The molecule has 0 amide bonds. The molecule has 3 aliphatic rings. The van der Waals surface area contributed by atoms with Crippen LogP contribution in [0.15, 0.2) is 24.3 Å².